The van der Waals surface area contributed by atoms with E-state index < -0.39 is 0 Å². The van der Waals surface area contributed by atoms with Crippen LogP contribution in [0.1, 0.15) is 66.2 Å². The van der Waals surface area contributed by atoms with Gasteiger partial charge in [-0.2, -0.15) is 0 Å². The standard InChI is InChI=1S/C15H28N2O.C2H6/c1-3-5-6-9-16-10-7-15(8-11-16)12-17(13-15)14(18)4-2;1-2/h3-13H2,1-2H3;1-2H3. The monoisotopic (exact) mass is 282 g/mol. The van der Waals surface area contributed by atoms with Gasteiger partial charge >= 0.3 is 0 Å². The maximum atomic E-state index is 11.6. The van der Waals surface area contributed by atoms with Crippen molar-refractivity contribution in [1.29, 1.82) is 0 Å². The van der Waals surface area contributed by atoms with Gasteiger partial charge in [0.05, 0.1) is 0 Å². The van der Waals surface area contributed by atoms with Crippen LogP contribution in [0.4, 0.5) is 0 Å². The molecule has 1 amide bonds. The van der Waals surface area contributed by atoms with Gasteiger partial charge in [-0.15, -0.1) is 0 Å². The highest BCUT2D eigenvalue weighted by Crippen LogP contribution is 2.40. The maximum absolute atomic E-state index is 11.6. The van der Waals surface area contributed by atoms with Crippen LogP contribution in [0.5, 0.6) is 0 Å². The molecule has 3 nitrogen and oxygen atoms in total. The molecule has 2 aliphatic rings. The number of piperidine rings is 1. The average molecular weight is 282 g/mol. The summed E-state index contributed by atoms with van der Waals surface area (Å²) in [5.41, 5.74) is 0.492. The topological polar surface area (TPSA) is 23.6 Å². The molecule has 0 aromatic rings. The van der Waals surface area contributed by atoms with Crippen LogP contribution in [0.25, 0.3) is 0 Å². The van der Waals surface area contributed by atoms with E-state index in [-0.39, 0.29) is 0 Å². The van der Waals surface area contributed by atoms with Gasteiger partial charge in [-0.1, -0.05) is 40.5 Å². The van der Waals surface area contributed by atoms with E-state index in [1.807, 2.05) is 25.7 Å². The summed E-state index contributed by atoms with van der Waals surface area (Å²) >= 11 is 0. The van der Waals surface area contributed by atoms with Gasteiger partial charge in [0.1, 0.15) is 0 Å². The normalized spacial score (nSPS) is 21.1. The Morgan fingerprint density at radius 3 is 2.15 bits per heavy atom. The maximum Gasteiger partial charge on any atom is 0.222 e. The number of unbranched alkanes of at least 4 members (excludes halogenated alkanes) is 2. The molecular formula is C17H34N2O. The second-order valence-corrected chi connectivity index (χ2v) is 6.15. The lowest BCUT2D eigenvalue weighted by Crippen LogP contribution is -2.61. The lowest BCUT2D eigenvalue weighted by atomic mass is 9.72. The van der Waals surface area contributed by atoms with Crippen LogP contribution >= 0.6 is 0 Å². The van der Waals surface area contributed by atoms with Crippen LogP contribution in [0.3, 0.4) is 0 Å². The van der Waals surface area contributed by atoms with Crippen molar-refractivity contribution in [2.24, 2.45) is 5.41 Å². The second kappa shape index (κ2) is 8.66. The van der Waals surface area contributed by atoms with Gasteiger partial charge in [-0.3, -0.25) is 4.79 Å². The van der Waals surface area contributed by atoms with Gasteiger partial charge in [0.25, 0.3) is 0 Å². The van der Waals surface area contributed by atoms with E-state index in [0.717, 1.165) is 13.1 Å². The van der Waals surface area contributed by atoms with Crippen molar-refractivity contribution >= 4 is 5.91 Å². The third kappa shape index (κ3) is 4.47. The minimum atomic E-state index is 0.339. The molecule has 0 unspecified atom stereocenters. The van der Waals surface area contributed by atoms with E-state index in [1.54, 1.807) is 0 Å². The predicted molar refractivity (Wildman–Crippen MR) is 85.9 cm³/mol. The fourth-order valence-corrected chi connectivity index (χ4v) is 3.32. The Morgan fingerprint density at radius 2 is 1.65 bits per heavy atom. The summed E-state index contributed by atoms with van der Waals surface area (Å²) in [7, 11) is 0. The fourth-order valence-electron chi connectivity index (χ4n) is 3.32. The number of carbonyl (C=O) groups is 1. The summed E-state index contributed by atoms with van der Waals surface area (Å²) in [4.78, 5) is 16.2. The van der Waals surface area contributed by atoms with Gasteiger partial charge in [0.2, 0.25) is 5.91 Å². The van der Waals surface area contributed by atoms with Crippen molar-refractivity contribution in [2.45, 2.75) is 66.2 Å². The average Bonchev–Trinajstić information content (AvgIpc) is 2.47. The molecule has 0 saturated carbocycles. The Kier molecular flexibility index (Phi) is 7.57. The zero-order valence-electron chi connectivity index (χ0n) is 14.1. The quantitative estimate of drug-likeness (QED) is 0.720. The molecule has 0 aromatic carbocycles. The molecule has 118 valence electrons. The van der Waals surface area contributed by atoms with Gasteiger partial charge in [-0.05, 0) is 38.9 Å². The Morgan fingerprint density at radius 1 is 1.05 bits per heavy atom. The predicted octanol–water partition coefficient (Wildman–Crippen LogP) is 3.54. The lowest BCUT2D eigenvalue weighted by molar-refractivity contribution is -0.146. The van der Waals surface area contributed by atoms with Crippen LogP contribution < -0.4 is 0 Å². The fraction of sp³-hybridized carbons (Fsp3) is 0.941. The number of hydrogen-bond acceptors (Lipinski definition) is 2. The summed E-state index contributed by atoms with van der Waals surface area (Å²) in [6.07, 6.45) is 7.29. The van der Waals surface area contributed by atoms with E-state index >= 15 is 0 Å². The Hall–Kier alpha value is -0.570. The first-order valence-corrected chi connectivity index (χ1v) is 8.69. The highest BCUT2D eigenvalue weighted by molar-refractivity contribution is 5.76. The van der Waals surface area contributed by atoms with E-state index in [2.05, 4.69) is 11.8 Å². The van der Waals surface area contributed by atoms with Crippen molar-refractivity contribution in [3.63, 3.8) is 0 Å². The van der Waals surface area contributed by atoms with Crippen LogP contribution in [-0.4, -0.2) is 48.4 Å². The minimum Gasteiger partial charge on any atom is -0.341 e. The SMILES string of the molecule is CC.CCCCCN1CCC2(CC1)CN(C(=O)CC)C2. The van der Waals surface area contributed by atoms with Crippen molar-refractivity contribution < 1.29 is 4.79 Å². The molecule has 2 heterocycles. The second-order valence-electron chi connectivity index (χ2n) is 6.15. The van der Waals surface area contributed by atoms with Crippen LogP contribution in [0.2, 0.25) is 0 Å². The minimum absolute atomic E-state index is 0.339. The zero-order chi connectivity index (χ0) is 15.0. The van der Waals surface area contributed by atoms with Crippen LogP contribution in [0.15, 0.2) is 0 Å². The highest BCUT2D eigenvalue weighted by atomic mass is 16.2. The summed E-state index contributed by atoms with van der Waals surface area (Å²) in [5, 5.41) is 0. The molecule has 0 atom stereocenters. The first kappa shape index (κ1) is 17.5. The molecule has 0 radical (unpaired) electrons. The van der Waals surface area contributed by atoms with Gasteiger partial charge in [-0.25, -0.2) is 0 Å². The molecule has 0 bridgehead atoms. The van der Waals surface area contributed by atoms with E-state index in [9.17, 15) is 4.79 Å². The lowest BCUT2D eigenvalue weighted by Gasteiger charge is -2.54. The molecule has 2 rings (SSSR count). The first-order valence-electron chi connectivity index (χ1n) is 8.69. The summed E-state index contributed by atoms with van der Waals surface area (Å²) < 4.78 is 0. The van der Waals surface area contributed by atoms with E-state index in [1.165, 1.54) is 51.7 Å². The third-order valence-corrected chi connectivity index (χ3v) is 4.70. The van der Waals surface area contributed by atoms with Crippen LogP contribution in [-0.2, 0) is 4.79 Å². The number of hydrogen-bond donors (Lipinski definition) is 0. The zero-order valence-corrected chi connectivity index (χ0v) is 14.1. The van der Waals surface area contributed by atoms with Gasteiger partial charge in [0, 0.05) is 24.9 Å². The number of carbonyl (C=O) groups excluding carboxylic acids is 1. The molecule has 2 fully saturated rings. The van der Waals surface area contributed by atoms with E-state index in [4.69, 9.17) is 0 Å². The molecule has 2 aliphatic heterocycles. The summed E-state index contributed by atoms with van der Waals surface area (Å²) in [6.45, 7) is 14.1. The molecule has 0 N–H and O–H groups in total. The smallest absolute Gasteiger partial charge is 0.222 e. The summed E-state index contributed by atoms with van der Waals surface area (Å²) in [5.74, 6) is 0.339. The Bertz CT molecular complexity index is 275. The number of rotatable bonds is 5. The number of nitrogens with zero attached hydrogens (tertiary/aromatic N) is 2. The van der Waals surface area contributed by atoms with Crippen molar-refractivity contribution in [1.82, 2.24) is 9.80 Å². The Labute approximate surface area is 125 Å². The largest absolute Gasteiger partial charge is 0.341 e. The molecule has 20 heavy (non-hydrogen) atoms. The first-order chi connectivity index (χ1) is 9.69. The molecular weight excluding hydrogens is 248 g/mol. The highest BCUT2D eigenvalue weighted by Gasteiger charge is 2.45. The number of amides is 1. The van der Waals surface area contributed by atoms with Crippen molar-refractivity contribution in [3.8, 4) is 0 Å². The molecule has 0 aliphatic carbocycles. The van der Waals surface area contributed by atoms with Crippen molar-refractivity contribution in [3.05, 3.63) is 0 Å². The third-order valence-electron chi connectivity index (χ3n) is 4.70. The number of likely N-dealkylation sites (tertiary alicyclic amines) is 2. The van der Waals surface area contributed by atoms with Gasteiger partial charge < -0.3 is 9.80 Å². The van der Waals surface area contributed by atoms with Crippen molar-refractivity contribution in [2.75, 3.05) is 32.7 Å². The molecule has 3 heteroatoms. The molecule has 1 spiro atoms. The Balaban J connectivity index is 0.000000956. The van der Waals surface area contributed by atoms with E-state index in [0.29, 0.717) is 17.7 Å². The van der Waals surface area contributed by atoms with Gasteiger partial charge in [0.15, 0.2) is 0 Å². The molecule has 0 aromatic heterocycles. The molecule has 2 saturated heterocycles. The van der Waals surface area contributed by atoms with Crippen LogP contribution in [0, 0.1) is 5.41 Å². The summed E-state index contributed by atoms with van der Waals surface area (Å²) in [6, 6.07) is 0.